The van der Waals surface area contributed by atoms with Crippen molar-refractivity contribution in [3.63, 3.8) is 0 Å². The van der Waals surface area contributed by atoms with Gasteiger partial charge in [-0.3, -0.25) is 4.98 Å². The molecule has 0 radical (unpaired) electrons. The summed E-state index contributed by atoms with van der Waals surface area (Å²) in [7, 11) is 0. The zero-order valence-electron chi connectivity index (χ0n) is 16.0. The second-order valence-corrected chi connectivity index (χ2v) is 8.58. The van der Waals surface area contributed by atoms with Crippen LogP contribution in [0.3, 0.4) is 0 Å². The predicted octanol–water partition coefficient (Wildman–Crippen LogP) is 4.27. The number of nitrogens with zero attached hydrogens (tertiary/aromatic N) is 2. The number of hydrogen-bond donors (Lipinski definition) is 2. The first-order chi connectivity index (χ1) is 13.1. The molecule has 2 N–H and O–H groups in total. The number of fused-ring (bicyclic) bond motifs is 1. The molecule has 1 aliphatic carbocycles. The monoisotopic (exact) mass is 362 g/mol. The fourth-order valence-corrected chi connectivity index (χ4v) is 4.23. The molecule has 0 bridgehead atoms. The molecule has 0 spiro atoms. The second kappa shape index (κ2) is 6.34. The van der Waals surface area contributed by atoms with Gasteiger partial charge >= 0.3 is 0 Å². The van der Waals surface area contributed by atoms with Crippen LogP contribution in [0.1, 0.15) is 44.6 Å². The summed E-state index contributed by atoms with van der Waals surface area (Å²) in [5.74, 6) is 1.26. The third kappa shape index (κ3) is 3.21. The summed E-state index contributed by atoms with van der Waals surface area (Å²) in [5.41, 5.74) is 4.92. The van der Waals surface area contributed by atoms with E-state index in [0.29, 0.717) is 17.2 Å². The van der Waals surface area contributed by atoms with Crippen molar-refractivity contribution in [2.45, 2.75) is 45.1 Å². The minimum Gasteiger partial charge on any atom is -0.472 e. The fourth-order valence-electron chi connectivity index (χ4n) is 4.23. The van der Waals surface area contributed by atoms with Crippen molar-refractivity contribution in [1.29, 1.82) is 0 Å². The van der Waals surface area contributed by atoms with Gasteiger partial charge in [-0.15, -0.1) is 0 Å². The molecule has 2 aliphatic rings. The van der Waals surface area contributed by atoms with E-state index in [2.05, 4.69) is 47.3 Å². The quantitative estimate of drug-likeness (QED) is 0.727. The molecule has 1 aromatic carbocycles. The molecule has 5 heteroatoms. The number of benzene rings is 1. The molecule has 2 unspecified atom stereocenters. The van der Waals surface area contributed by atoms with Crippen molar-refractivity contribution in [3.8, 4) is 17.1 Å². The van der Waals surface area contributed by atoms with E-state index in [9.17, 15) is 0 Å². The van der Waals surface area contributed by atoms with E-state index in [1.165, 1.54) is 17.4 Å². The van der Waals surface area contributed by atoms with E-state index in [0.717, 1.165) is 42.7 Å². The molecule has 2 fully saturated rings. The summed E-state index contributed by atoms with van der Waals surface area (Å²) in [6.45, 7) is 6.62. The van der Waals surface area contributed by atoms with Gasteiger partial charge in [0.15, 0.2) is 0 Å². The van der Waals surface area contributed by atoms with Gasteiger partial charge < -0.3 is 15.0 Å². The van der Waals surface area contributed by atoms with Gasteiger partial charge in [0.25, 0.3) is 0 Å². The third-order valence-corrected chi connectivity index (χ3v) is 6.05. The summed E-state index contributed by atoms with van der Waals surface area (Å²) in [4.78, 5) is 12.5. The molecule has 3 aromatic rings. The van der Waals surface area contributed by atoms with Crippen molar-refractivity contribution < 1.29 is 4.74 Å². The second-order valence-electron chi connectivity index (χ2n) is 8.58. The maximum atomic E-state index is 6.06. The van der Waals surface area contributed by atoms with Gasteiger partial charge in [0, 0.05) is 29.2 Å². The highest BCUT2D eigenvalue weighted by Gasteiger charge is 2.46. The lowest BCUT2D eigenvalue weighted by molar-refractivity contribution is 0.160. The Morgan fingerprint density at radius 3 is 2.89 bits per heavy atom. The van der Waals surface area contributed by atoms with Crippen LogP contribution in [0.2, 0.25) is 0 Å². The molecule has 5 rings (SSSR count). The molecule has 1 saturated carbocycles. The van der Waals surface area contributed by atoms with Crippen LogP contribution in [0.4, 0.5) is 0 Å². The zero-order chi connectivity index (χ0) is 18.4. The average molecular weight is 362 g/mol. The Labute approximate surface area is 159 Å². The number of piperidine rings is 1. The average Bonchev–Trinajstić information content (AvgIpc) is 3.12. The molecule has 3 heterocycles. The first-order valence-electron chi connectivity index (χ1n) is 9.91. The predicted molar refractivity (Wildman–Crippen MR) is 107 cm³/mol. The molecule has 27 heavy (non-hydrogen) atoms. The first kappa shape index (κ1) is 16.8. The number of ether oxygens (including phenoxy) is 1. The van der Waals surface area contributed by atoms with Crippen LogP contribution < -0.4 is 10.1 Å². The van der Waals surface area contributed by atoms with Crippen LogP contribution in [0.15, 0.2) is 36.8 Å². The lowest BCUT2D eigenvalue weighted by Gasteiger charge is -2.23. The summed E-state index contributed by atoms with van der Waals surface area (Å²) in [6.07, 6.45) is 9.20. The van der Waals surface area contributed by atoms with E-state index < -0.39 is 0 Å². The van der Waals surface area contributed by atoms with Gasteiger partial charge in [0.05, 0.1) is 18.1 Å². The van der Waals surface area contributed by atoms with E-state index in [-0.39, 0.29) is 6.10 Å². The Morgan fingerprint density at radius 1 is 1.22 bits per heavy atom. The Hall–Kier alpha value is -2.40. The molecule has 2 atom stereocenters. The SMILES string of the molecule is CC1(C)CC1c1ccc2[nH]cc(-c3cncc(OC4CCCNC4)n3)c2c1. The highest BCUT2D eigenvalue weighted by molar-refractivity contribution is 5.95. The Morgan fingerprint density at radius 2 is 2.11 bits per heavy atom. The smallest absolute Gasteiger partial charge is 0.233 e. The number of H-pyrrole nitrogens is 1. The topological polar surface area (TPSA) is 62.8 Å². The maximum absolute atomic E-state index is 6.06. The molecular weight excluding hydrogens is 336 g/mol. The van der Waals surface area contributed by atoms with Crippen LogP contribution in [-0.4, -0.2) is 34.1 Å². The van der Waals surface area contributed by atoms with Gasteiger partial charge in [-0.1, -0.05) is 19.9 Å². The van der Waals surface area contributed by atoms with Crippen LogP contribution >= 0.6 is 0 Å². The van der Waals surface area contributed by atoms with Gasteiger partial charge in [0.1, 0.15) is 6.10 Å². The van der Waals surface area contributed by atoms with Crippen molar-refractivity contribution in [2.75, 3.05) is 13.1 Å². The van der Waals surface area contributed by atoms with Crippen LogP contribution in [0, 0.1) is 5.41 Å². The van der Waals surface area contributed by atoms with Crippen LogP contribution in [-0.2, 0) is 0 Å². The number of hydrogen-bond acceptors (Lipinski definition) is 4. The minimum atomic E-state index is 0.176. The van der Waals surface area contributed by atoms with Gasteiger partial charge in [-0.05, 0) is 54.8 Å². The molecule has 1 saturated heterocycles. The minimum absolute atomic E-state index is 0.176. The molecule has 1 aliphatic heterocycles. The lowest BCUT2D eigenvalue weighted by Crippen LogP contribution is -2.37. The van der Waals surface area contributed by atoms with Gasteiger partial charge in [-0.25, -0.2) is 4.98 Å². The molecule has 5 nitrogen and oxygen atoms in total. The van der Waals surface area contributed by atoms with Crippen molar-refractivity contribution in [1.82, 2.24) is 20.3 Å². The Balaban J connectivity index is 1.46. The summed E-state index contributed by atoms with van der Waals surface area (Å²) >= 11 is 0. The van der Waals surface area contributed by atoms with Crippen molar-refractivity contribution in [2.24, 2.45) is 5.41 Å². The van der Waals surface area contributed by atoms with Crippen LogP contribution in [0.5, 0.6) is 5.88 Å². The number of rotatable bonds is 4. The van der Waals surface area contributed by atoms with E-state index in [4.69, 9.17) is 9.72 Å². The maximum Gasteiger partial charge on any atom is 0.233 e. The largest absolute Gasteiger partial charge is 0.472 e. The van der Waals surface area contributed by atoms with Crippen molar-refractivity contribution >= 4 is 10.9 Å². The summed E-state index contributed by atoms with van der Waals surface area (Å²) in [5, 5.41) is 4.58. The van der Waals surface area contributed by atoms with E-state index in [1.54, 1.807) is 6.20 Å². The highest BCUT2D eigenvalue weighted by atomic mass is 16.5. The standard InChI is InChI=1S/C22H26N4O/c1-22(2)9-18(22)14-5-6-19-16(8-14)17(11-25-19)20-12-24-13-21(26-20)27-15-4-3-7-23-10-15/h5-6,8,11-13,15,18,23,25H,3-4,7,9-10H2,1-2H3. The lowest BCUT2D eigenvalue weighted by atomic mass is 10.0. The normalized spacial score (nSPS) is 24.1. The summed E-state index contributed by atoms with van der Waals surface area (Å²) in [6, 6.07) is 6.76. The molecule has 0 amide bonds. The summed E-state index contributed by atoms with van der Waals surface area (Å²) < 4.78 is 6.06. The number of aromatic amines is 1. The van der Waals surface area contributed by atoms with Gasteiger partial charge in [-0.2, -0.15) is 0 Å². The Bertz CT molecular complexity index is 971. The van der Waals surface area contributed by atoms with E-state index in [1.807, 2.05) is 12.4 Å². The zero-order valence-corrected chi connectivity index (χ0v) is 16.0. The third-order valence-electron chi connectivity index (χ3n) is 6.05. The van der Waals surface area contributed by atoms with E-state index >= 15 is 0 Å². The first-order valence-corrected chi connectivity index (χ1v) is 9.91. The highest BCUT2D eigenvalue weighted by Crippen LogP contribution is 2.58. The molecule has 2 aromatic heterocycles. The fraction of sp³-hybridized carbons (Fsp3) is 0.455. The molecular formula is C22H26N4O. The number of nitrogens with one attached hydrogen (secondary N) is 2. The number of aromatic nitrogens is 3. The van der Waals surface area contributed by atoms with Crippen molar-refractivity contribution in [3.05, 3.63) is 42.4 Å². The molecule has 140 valence electrons. The Kier molecular flexibility index (Phi) is 3.93. The van der Waals surface area contributed by atoms with Crippen LogP contribution in [0.25, 0.3) is 22.2 Å². The van der Waals surface area contributed by atoms with Gasteiger partial charge in [0.2, 0.25) is 5.88 Å².